The molecule has 2 heteroatoms. The van der Waals surface area contributed by atoms with Gasteiger partial charge in [-0.2, -0.15) is 0 Å². The minimum atomic E-state index is -0.00130. The maximum Gasteiger partial charge on any atom is 0.0453 e. The van der Waals surface area contributed by atoms with E-state index in [1.165, 1.54) is 5.57 Å². The van der Waals surface area contributed by atoms with Crippen molar-refractivity contribution in [3.8, 4) is 0 Å². The molecule has 14 heavy (non-hydrogen) atoms. The lowest BCUT2D eigenvalue weighted by molar-refractivity contribution is 0.738. The minimum Gasteiger partial charge on any atom is -0.324 e. The average molecular weight is 210 g/mol. The molecule has 0 radical (unpaired) electrons. The Hall–Kier alpha value is -0.790. The number of rotatable bonds is 3. The van der Waals surface area contributed by atoms with Crippen LogP contribution in [0.2, 0.25) is 5.02 Å². The highest BCUT2D eigenvalue weighted by atomic mass is 35.5. The van der Waals surface area contributed by atoms with Gasteiger partial charge >= 0.3 is 0 Å². The van der Waals surface area contributed by atoms with Gasteiger partial charge in [-0.1, -0.05) is 41.4 Å². The molecule has 0 bridgehead atoms. The molecule has 0 saturated carbocycles. The number of benzene rings is 1. The molecule has 0 aliphatic heterocycles. The van der Waals surface area contributed by atoms with E-state index in [2.05, 4.69) is 19.9 Å². The third-order valence-corrected chi connectivity index (χ3v) is 2.43. The quantitative estimate of drug-likeness (QED) is 0.755. The fourth-order valence-corrected chi connectivity index (χ4v) is 1.54. The topological polar surface area (TPSA) is 26.0 Å². The summed E-state index contributed by atoms with van der Waals surface area (Å²) in [6.07, 6.45) is 2.97. The Labute approximate surface area is 90.6 Å². The van der Waals surface area contributed by atoms with Crippen LogP contribution >= 0.6 is 11.6 Å². The molecule has 0 saturated heterocycles. The monoisotopic (exact) mass is 209 g/mol. The van der Waals surface area contributed by atoms with E-state index in [1.807, 2.05) is 24.3 Å². The van der Waals surface area contributed by atoms with E-state index in [1.54, 1.807) is 0 Å². The summed E-state index contributed by atoms with van der Waals surface area (Å²) in [5.41, 5.74) is 8.32. The Kier molecular flexibility index (Phi) is 4.18. The Balaban J connectivity index is 2.74. The van der Waals surface area contributed by atoms with Gasteiger partial charge in [0.2, 0.25) is 0 Å². The molecular formula is C12H16ClN. The van der Waals surface area contributed by atoms with Crippen molar-refractivity contribution in [3.63, 3.8) is 0 Å². The molecule has 1 rings (SSSR count). The van der Waals surface area contributed by atoms with E-state index in [0.29, 0.717) is 0 Å². The predicted molar refractivity (Wildman–Crippen MR) is 62.4 cm³/mol. The van der Waals surface area contributed by atoms with Crippen LogP contribution in [0.25, 0.3) is 0 Å². The van der Waals surface area contributed by atoms with Gasteiger partial charge in [-0.15, -0.1) is 0 Å². The lowest BCUT2D eigenvalue weighted by atomic mass is 10.0. The van der Waals surface area contributed by atoms with Crippen LogP contribution in [0, 0.1) is 0 Å². The summed E-state index contributed by atoms with van der Waals surface area (Å²) in [4.78, 5) is 0. The van der Waals surface area contributed by atoms with Gasteiger partial charge in [0.05, 0.1) is 0 Å². The summed E-state index contributed by atoms with van der Waals surface area (Å²) >= 11 is 6.03. The standard InChI is InChI=1S/C12H16ClN/c1-9(2)7-8-12(14)10-5-3-4-6-11(10)13/h3-7,12H,8,14H2,1-2H3/t12-/m0/s1. The first-order valence-electron chi connectivity index (χ1n) is 4.74. The van der Waals surface area contributed by atoms with Crippen molar-refractivity contribution in [2.45, 2.75) is 26.3 Å². The minimum absolute atomic E-state index is 0.00130. The SMILES string of the molecule is CC(C)=CC[C@H](N)c1ccccc1Cl. The van der Waals surface area contributed by atoms with Crippen LogP contribution in [0.4, 0.5) is 0 Å². The summed E-state index contributed by atoms with van der Waals surface area (Å²) in [6.45, 7) is 4.14. The molecule has 0 heterocycles. The molecule has 0 fully saturated rings. The molecule has 1 aromatic rings. The van der Waals surface area contributed by atoms with E-state index in [9.17, 15) is 0 Å². The van der Waals surface area contributed by atoms with Gasteiger partial charge in [0, 0.05) is 11.1 Å². The Morgan fingerprint density at radius 1 is 1.43 bits per heavy atom. The Bertz CT molecular complexity index is 327. The van der Waals surface area contributed by atoms with Crippen LogP contribution in [0.1, 0.15) is 31.9 Å². The third-order valence-electron chi connectivity index (χ3n) is 2.08. The van der Waals surface area contributed by atoms with E-state index in [0.717, 1.165) is 17.0 Å². The zero-order chi connectivity index (χ0) is 10.6. The summed E-state index contributed by atoms with van der Waals surface area (Å²) in [6, 6.07) is 7.73. The average Bonchev–Trinajstić information content (AvgIpc) is 2.15. The lowest BCUT2D eigenvalue weighted by Gasteiger charge is -2.11. The highest BCUT2D eigenvalue weighted by Crippen LogP contribution is 2.23. The molecule has 1 aromatic carbocycles. The van der Waals surface area contributed by atoms with Crippen LogP contribution in [-0.2, 0) is 0 Å². The summed E-state index contributed by atoms with van der Waals surface area (Å²) in [5.74, 6) is 0. The van der Waals surface area contributed by atoms with Crippen molar-refractivity contribution in [3.05, 3.63) is 46.5 Å². The number of allylic oxidation sites excluding steroid dienone is 1. The van der Waals surface area contributed by atoms with E-state index >= 15 is 0 Å². The van der Waals surface area contributed by atoms with Crippen LogP contribution in [0.3, 0.4) is 0 Å². The van der Waals surface area contributed by atoms with Crippen molar-refractivity contribution < 1.29 is 0 Å². The largest absolute Gasteiger partial charge is 0.324 e. The highest BCUT2D eigenvalue weighted by Gasteiger charge is 2.07. The summed E-state index contributed by atoms with van der Waals surface area (Å²) in [7, 11) is 0. The molecule has 0 aliphatic rings. The molecule has 0 aliphatic carbocycles. The number of hydrogen-bond acceptors (Lipinski definition) is 1. The molecule has 0 amide bonds. The van der Waals surface area contributed by atoms with Gasteiger partial charge in [0.25, 0.3) is 0 Å². The molecule has 0 spiro atoms. The first kappa shape index (κ1) is 11.3. The number of halogens is 1. The van der Waals surface area contributed by atoms with Gasteiger partial charge in [0.15, 0.2) is 0 Å². The van der Waals surface area contributed by atoms with Crippen LogP contribution in [-0.4, -0.2) is 0 Å². The molecule has 1 nitrogen and oxygen atoms in total. The fraction of sp³-hybridized carbons (Fsp3) is 0.333. The van der Waals surface area contributed by atoms with Crippen molar-refractivity contribution in [1.82, 2.24) is 0 Å². The van der Waals surface area contributed by atoms with Crippen LogP contribution in [0.5, 0.6) is 0 Å². The molecule has 2 N–H and O–H groups in total. The third kappa shape index (κ3) is 3.17. The zero-order valence-electron chi connectivity index (χ0n) is 8.63. The van der Waals surface area contributed by atoms with Crippen LogP contribution in [0.15, 0.2) is 35.9 Å². The van der Waals surface area contributed by atoms with Gasteiger partial charge in [-0.05, 0) is 31.9 Å². The summed E-state index contributed by atoms with van der Waals surface area (Å²) in [5, 5.41) is 0.752. The van der Waals surface area contributed by atoms with Crippen LogP contribution < -0.4 is 5.73 Å². The van der Waals surface area contributed by atoms with Gasteiger partial charge in [-0.3, -0.25) is 0 Å². The van der Waals surface area contributed by atoms with Crippen molar-refractivity contribution >= 4 is 11.6 Å². The van der Waals surface area contributed by atoms with Gasteiger partial charge in [0.1, 0.15) is 0 Å². The molecule has 0 unspecified atom stereocenters. The molecule has 1 atom stereocenters. The van der Waals surface area contributed by atoms with E-state index in [4.69, 9.17) is 17.3 Å². The molecular weight excluding hydrogens is 194 g/mol. The highest BCUT2D eigenvalue weighted by molar-refractivity contribution is 6.31. The number of hydrogen-bond donors (Lipinski definition) is 1. The Morgan fingerprint density at radius 2 is 2.07 bits per heavy atom. The second-order valence-corrected chi connectivity index (χ2v) is 4.05. The first-order valence-corrected chi connectivity index (χ1v) is 5.12. The second kappa shape index (κ2) is 5.18. The normalized spacial score (nSPS) is 12.3. The van der Waals surface area contributed by atoms with Crippen molar-refractivity contribution in [2.24, 2.45) is 5.73 Å². The molecule has 76 valence electrons. The zero-order valence-corrected chi connectivity index (χ0v) is 9.38. The summed E-state index contributed by atoms with van der Waals surface area (Å²) < 4.78 is 0. The first-order chi connectivity index (χ1) is 6.61. The lowest BCUT2D eigenvalue weighted by Crippen LogP contribution is -2.09. The van der Waals surface area contributed by atoms with E-state index < -0.39 is 0 Å². The maximum absolute atomic E-state index is 6.03. The maximum atomic E-state index is 6.03. The molecule has 0 aromatic heterocycles. The predicted octanol–water partition coefficient (Wildman–Crippen LogP) is 3.70. The van der Waals surface area contributed by atoms with Gasteiger partial charge in [-0.25, -0.2) is 0 Å². The Morgan fingerprint density at radius 3 is 2.64 bits per heavy atom. The van der Waals surface area contributed by atoms with Gasteiger partial charge < -0.3 is 5.73 Å². The smallest absolute Gasteiger partial charge is 0.0453 e. The number of nitrogens with two attached hydrogens (primary N) is 1. The van der Waals surface area contributed by atoms with E-state index in [-0.39, 0.29) is 6.04 Å². The fourth-order valence-electron chi connectivity index (χ4n) is 1.27. The van der Waals surface area contributed by atoms with Crippen molar-refractivity contribution in [2.75, 3.05) is 0 Å². The second-order valence-electron chi connectivity index (χ2n) is 3.65. The van der Waals surface area contributed by atoms with Crippen molar-refractivity contribution in [1.29, 1.82) is 0 Å².